The Morgan fingerprint density at radius 3 is 2.68 bits per heavy atom. The van der Waals surface area contributed by atoms with Crippen LogP contribution in [0.3, 0.4) is 0 Å². The molecule has 1 heterocycles. The fourth-order valence-corrected chi connectivity index (χ4v) is 2.75. The van der Waals surface area contributed by atoms with E-state index in [2.05, 4.69) is 17.6 Å². The first kappa shape index (κ1) is 16.5. The van der Waals surface area contributed by atoms with Gasteiger partial charge in [-0.3, -0.25) is 9.59 Å². The molecular formula is C17H25N3O2. The Kier molecular flexibility index (Phi) is 5.19. The van der Waals surface area contributed by atoms with Gasteiger partial charge in [0.15, 0.2) is 0 Å². The van der Waals surface area contributed by atoms with Gasteiger partial charge in [-0.1, -0.05) is 6.07 Å². The van der Waals surface area contributed by atoms with E-state index in [1.807, 2.05) is 13.0 Å². The molecule has 0 aliphatic carbocycles. The third-order valence-corrected chi connectivity index (χ3v) is 4.14. The fraction of sp³-hybridized carbons (Fsp3) is 0.529. The molecule has 2 atom stereocenters. The van der Waals surface area contributed by atoms with Crippen LogP contribution in [-0.2, 0) is 4.79 Å². The highest BCUT2D eigenvalue weighted by molar-refractivity contribution is 5.98. The number of benzene rings is 1. The number of hydrogen-bond donors (Lipinski definition) is 2. The van der Waals surface area contributed by atoms with Gasteiger partial charge in [0, 0.05) is 37.3 Å². The molecule has 1 aliphatic heterocycles. The van der Waals surface area contributed by atoms with Crippen LogP contribution in [-0.4, -0.2) is 43.4 Å². The maximum atomic E-state index is 12.4. The lowest BCUT2D eigenvalue weighted by molar-refractivity contribution is -0.120. The van der Waals surface area contributed by atoms with Gasteiger partial charge in [-0.25, -0.2) is 0 Å². The first-order valence-electron chi connectivity index (χ1n) is 7.75. The summed E-state index contributed by atoms with van der Waals surface area (Å²) in [6.07, 6.45) is 1.70. The molecule has 5 nitrogen and oxygen atoms in total. The number of carbonyl (C=O) groups excluding carboxylic acids is 2. The molecule has 0 bridgehead atoms. The van der Waals surface area contributed by atoms with E-state index in [0.29, 0.717) is 11.6 Å². The minimum atomic E-state index is -0.0639. The summed E-state index contributed by atoms with van der Waals surface area (Å²) in [5.74, 6) is 0.0146. The SMILES string of the molecule is Cc1ccc(C(=O)N(C)C)cc1NC(=O)[C@H]1CCN[C@@H](C)C1. The molecular weight excluding hydrogens is 278 g/mol. The summed E-state index contributed by atoms with van der Waals surface area (Å²) in [5.41, 5.74) is 2.28. The first-order valence-corrected chi connectivity index (χ1v) is 7.75. The van der Waals surface area contributed by atoms with Crippen molar-refractivity contribution in [1.29, 1.82) is 0 Å². The van der Waals surface area contributed by atoms with Gasteiger partial charge in [-0.05, 0) is 50.9 Å². The van der Waals surface area contributed by atoms with Crippen LogP contribution in [0.25, 0.3) is 0 Å². The third kappa shape index (κ3) is 3.85. The van der Waals surface area contributed by atoms with E-state index >= 15 is 0 Å². The molecule has 0 spiro atoms. The van der Waals surface area contributed by atoms with E-state index in [-0.39, 0.29) is 17.7 Å². The minimum Gasteiger partial charge on any atom is -0.345 e. The van der Waals surface area contributed by atoms with Crippen LogP contribution >= 0.6 is 0 Å². The van der Waals surface area contributed by atoms with Crippen LogP contribution in [0.1, 0.15) is 35.7 Å². The van der Waals surface area contributed by atoms with Crippen LogP contribution in [0.15, 0.2) is 18.2 Å². The summed E-state index contributed by atoms with van der Waals surface area (Å²) in [5, 5.41) is 6.35. The van der Waals surface area contributed by atoms with E-state index in [1.165, 1.54) is 4.90 Å². The zero-order chi connectivity index (χ0) is 16.3. The van der Waals surface area contributed by atoms with Gasteiger partial charge < -0.3 is 15.5 Å². The zero-order valence-corrected chi connectivity index (χ0v) is 13.8. The van der Waals surface area contributed by atoms with Crippen molar-refractivity contribution in [2.24, 2.45) is 5.92 Å². The van der Waals surface area contributed by atoms with Gasteiger partial charge >= 0.3 is 0 Å². The Labute approximate surface area is 132 Å². The van der Waals surface area contributed by atoms with Gasteiger partial charge in [0.05, 0.1) is 0 Å². The summed E-state index contributed by atoms with van der Waals surface area (Å²) in [6, 6.07) is 5.80. The van der Waals surface area contributed by atoms with E-state index < -0.39 is 0 Å². The molecule has 2 amide bonds. The molecule has 0 saturated carbocycles. The van der Waals surface area contributed by atoms with E-state index in [4.69, 9.17) is 0 Å². The maximum absolute atomic E-state index is 12.4. The summed E-state index contributed by atoms with van der Waals surface area (Å²) in [4.78, 5) is 26.0. The highest BCUT2D eigenvalue weighted by Crippen LogP contribution is 2.22. The molecule has 1 aromatic carbocycles. The molecule has 1 fully saturated rings. The topological polar surface area (TPSA) is 61.4 Å². The number of carbonyl (C=O) groups is 2. The summed E-state index contributed by atoms with van der Waals surface area (Å²) < 4.78 is 0. The fourth-order valence-electron chi connectivity index (χ4n) is 2.75. The molecule has 1 aromatic rings. The molecule has 0 aromatic heterocycles. The predicted molar refractivity (Wildman–Crippen MR) is 88.0 cm³/mol. The van der Waals surface area contributed by atoms with Crippen molar-refractivity contribution < 1.29 is 9.59 Å². The van der Waals surface area contributed by atoms with E-state index in [9.17, 15) is 9.59 Å². The molecule has 2 rings (SSSR count). The second-order valence-corrected chi connectivity index (χ2v) is 6.30. The Morgan fingerprint density at radius 1 is 1.32 bits per heavy atom. The average molecular weight is 303 g/mol. The smallest absolute Gasteiger partial charge is 0.253 e. The number of aryl methyl sites for hydroxylation is 1. The Balaban J connectivity index is 2.13. The normalized spacial score (nSPS) is 21.3. The van der Waals surface area contributed by atoms with Crippen LogP contribution in [0.4, 0.5) is 5.69 Å². The Hall–Kier alpha value is -1.88. The van der Waals surface area contributed by atoms with Gasteiger partial charge in [0.1, 0.15) is 0 Å². The van der Waals surface area contributed by atoms with Crippen molar-refractivity contribution in [3.63, 3.8) is 0 Å². The van der Waals surface area contributed by atoms with Crippen molar-refractivity contribution in [2.45, 2.75) is 32.7 Å². The number of nitrogens with zero attached hydrogens (tertiary/aromatic N) is 1. The first-order chi connectivity index (χ1) is 10.4. The van der Waals surface area contributed by atoms with Gasteiger partial charge in [-0.2, -0.15) is 0 Å². The monoisotopic (exact) mass is 303 g/mol. The number of nitrogens with one attached hydrogen (secondary N) is 2. The lowest BCUT2D eigenvalue weighted by atomic mass is 9.92. The second kappa shape index (κ2) is 6.92. The van der Waals surface area contributed by atoms with Crippen LogP contribution < -0.4 is 10.6 Å². The van der Waals surface area contributed by atoms with Crippen LogP contribution in [0.5, 0.6) is 0 Å². The third-order valence-electron chi connectivity index (χ3n) is 4.14. The maximum Gasteiger partial charge on any atom is 0.253 e. The molecule has 1 aliphatic rings. The number of amides is 2. The largest absolute Gasteiger partial charge is 0.345 e. The van der Waals surface area contributed by atoms with E-state index in [1.54, 1.807) is 26.2 Å². The molecule has 2 N–H and O–H groups in total. The van der Waals surface area contributed by atoms with E-state index in [0.717, 1.165) is 30.6 Å². The lowest BCUT2D eigenvalue weighted by Crippen LogP contribution is -2.40. The molecule has 120 valence electrons. The standard InChI is InChI=1S/C17H25N3O2/c1-11-5-6-14(17(22)20(3)4)10-15(11)19-16(21)13-7-8-18-12(2)9-13/h5-6,10,12-13,18H,7-9H2,1-4H3,(H,19,21)/t12-,13-/m0/s1. The second-order valence-electron chi connectivity index (χ2n) is 6.30. The minimum absolute atomic E-state index is 0.0313. The lowest BCUT2D eigenvalue weighted by Gasteiger charge is -2.27. The molecule has 22 heavy (non-hydrogen) atoms. The van der Waals surface area contributed by atoms with Gasteiger partial charge in [0.2, 0.25) is 5.91 Å². The predicted octanol–water partition coefficient (Wildman–Crippen LogP) is 2.02. The molecule has 5 heteroatoms. The number of rotatable bonds is 3. The highest BCUT2D eigenvalue weighted by Gasteiger charge is 2.25. The van der Waals surface area contributed by atoms with Crippen molar-refractivity contribution in [2.75, 3.05) is 26.0 Å². The number of anilines is 1. The van der Waals surface area contributed by atoms with Gasteiger partial charge in [-0.15, -0.1) is 0 Å². The van der Waals surface area contributed by atoms with Crippen molar-refractivity contribution >= 4 is 17.5 Å². The van der Waals surface area contributed by atoms with Crippen LogP contribution in [0.2, 0.25) is 0 Å². The quantitative estimate of drug-likeness (QED) is 0.898. The zero-order valence-electron chi connectivity index (χ0n) is 13.8. The van der Waals surface area contributed by atoms with Crippen molar-refractivity contribution in [3.8, 4) is 0 Å². The summed E-state index contributed by atoms with van der Waals surface area (Å²) >= 11 is 0. The molecule has 0 unspecified atom stereocenters. The Morgan fingerprint density at radius 2 is 2.05 bits per heavy atom. The average Bonchev–Trinajstić information content (AvgIpc) is 2.48. The highest BCUT2D eigenvalue weighted by atomic mass is 16.2. The summed E-state index contributed by atoms with van der Waals surface area (Å²) in [7, 11) is 3.44. The van der Waals surface area contributed by atoms with Gasteiger partial charge in [0.25, 0.3) is 5.91 Å². The van der Waals surface area contributed by atoms with Crippen molar-refractivity contribution in [3.05, 3.63) is 29.3 Å². The summed E-state index contributed by atoms with van der Waals surface area (Å²) in [6.45, 7) is 4.91. The molecule has 0 radical (unpaired) electrons. The van der Waals surface area contributed by atoms with Crippen LogP contribution in [0, 0.1) is 12.8 Å². The van der Waals surface area contributed by atoms with Crippen molar-refractivity contribution in [1.82, 2.24) is 10.2 Å². The number of hydrogen-bond acceptors (Lipinski definition) is 3. The number of piperidine rings is 1. The molecule has 1 saturated heterocycles. The Bertz CT molecular complexity index is 569.